The predicted octanol–water partition coefficient (Wildman–Crippen LogP) is 1.32. The summed E-state index contributed by atoms with van der Waals surface area (Å²) in [6.07, 6.45) is 0. The molecule has 0 bridgehead atoms. The van der Waals surface area contributed by atoms with Gasteiger partial charge in [-0.25, -0.2) is 4.79 Å². The number of para-hydroxylation sites is 1. The fourth-order valence-corrected chi connectivity index (χ4v) is 2.47. The highest BCUT2D eigenvalue weighted by Gasteiger charge is 2.23. The van der Waals surface area contributed by atoms with Crippen LogP contribution in [-0.2, 0) is 9.53 Å². The van der Waals surface area contributed by atoms with Gasteiger partial charge in [0.1, 0.15) is 29.1 Å². The maximum atomic E-state index is 12.1. The van der Waals surface area contributed by atoms with Gasteiger partial charge in [0.25, 0.3) is 5.56 Å². The Morgan fingerprint density at radius 1 is 1.26 bits per heavy atom. The summed E-state index contributed by atoms with van der Waals surface area (Å²) in [5, 5.41) is 18.9. The number of ether oxygens (including phenoxy) is 3. The Balaban J connectivity index is 2.74. The van der Waals surface area contributed by atoms with Crippen molar-refractivity contribution in [2.24, 2.45) is 0 Å². The van der Waals surface area contributed by atoms with Crippen molar-refractivity contribution >= 4 is 11.8 Å². The molecule has 0 saturated carbocycles. The van der Waals surface area contributed by atoms with Gasteiger partial charge >= 0.3 is 5.97 Å². The minimum absolute atomic E-state index is 0.000918. The normalized spacial score (nSPS) is 9.78. The summed E-state index contributed by atoms with van der Waals surface area (Å²) >= 11 is 0. The third kappa shape index (κ3) is 3.83. The number of nitrogens with one attached hydrogen (secondary N) is 1. The van der Waals surface area contributed by atoms with Crippen LogP contribution in [-0.4, -0.2) is 31.3 Å². The van der Waals surface area contributed by atoms with Crippen molar-refractivity contribution in [2.75, 3.05) is 26.1 Å². The van der Waals surface area contributed by atoms with Gasteiger partial charge in [0.15, 0.2) is 18.1 Å². The van der Waals surface area contributed by atoms with E-state index in [1.54, 1.807) is 25.1 Å². The molecule has 9 heteroatoms. The molecule has 1 aromatic heterocycles. The van der Waals surface area contributed by atoms with Gasteiger partial charge in [0.05, 0.1) is 13.7 Å². The Labute approximate surface area is 154 Å². The minimum atomic E-state index is -0.747. The quantitative estimate of drug-likeness (QED) is 0.724. The van der Waals surface area contributed by atoms with Crippen molar-refractivity contribution in [3.63, 3.8) is 0 Å². The standard InChI is InChI=1S/C18H16N4O5/c1-3-26-14(23)9-27-16-10(5-4-6-13(16)25-2)15-11(7-19)17(21)22-18(24)12(15)8-20/h4-6H,3,9H2,1-2H3,(H3,21,22,24). The van der Waals surface area contributed by atoms with Gasteiger partial charge in [0.2, 0.25) is 0 Å². The van der Waals surface area contributed by atoms with Crippen molar-refractivity contribution in [3.05, 3.63) is 39.7 Å². The Hall–Kier alpha value is -3.98. The second kappa shape index (κ2) is 8.41. The zero-order chi connectivity index (χ0) is 20.0. The van der Waals surface area contributed by atoms with E-state index in [1.807, 2.05) is 6.07 Å². The van der Waals surface area contributed by atoms with E-state index < -0.39 is 18.1 Å². The molecule has 1 aromatic carbocycles. The maximum absolute atomic E-state index is 12.1. The van der Waals surface area contributed by atoms with E-state index in [-0.39, 0.29) is 46.2 Å². The molecule has 0 unspecified atom stereocenters. The van der Waals surface area contributed by atoms with Crippen LogP contribution in [0.2, 0.25) is 0 Å². The van der Waals surface area contributed by atoms with Crippen LogP contribution >= 0.6 is 0 Å². The lowest BCUT2D eigenvalue weighted by atomic mass is 9.95. The van der Waals surface area contributed by atoms with Crippen LogP contribution < -0.4 is 20.8 Å². The zero-order valence-electron chi connectivity index (χ0n) is 14.7. The van der Waals surface area contributed by atoms with Crippen molar-refractivity contribution in [1.29, 1.82) is 10.5 Å². The number of methoxy groups -OCH3 is 1. The lowest BCUT2D eigenvalue weighted by Gasteiger charge is -2.16. The summed E-state index contributed by atoms with van der Waals surface area (Å²) in [7, 11) is 1.39. The van der Waals surface area contributed by atoms with E-state index in [9.17, 15) is 20.1 Å². The third-order valence-corrected chi connectivity index (χ3v) is 3.58. The molecular formula is C18H16N4O5. The van der Waals surface area contributed by atoms with Gasteiger partial charge in [0, 0.05) is 11.1 Å². The smallest absolute Gasteiger partial charge is 0.344 e. The molecule has 0 aliphatic heterocycles. The molecule has 3 N–H and O–H groups in total. The first-order chi connectivity index (χ1) is 13.0. The van der Waals surface area contributed by atoms with Gasteiger partial charge in [-0.2, -0.15) is 10.5 Å². The first kappa shape index (κ1) is 19.3. The number of benzene rings is 1. The molecule has 0 aliphatic carbocycles. The van der Waals surface area contributed by atoms with Crippen molar-refractivity contribution < 1.29 is 19.0 Å². The number of hydrogen-bond acceptors (Lipinski definition) is 8. The molecule has 1 heterocycles. The maximum Gasteiger partial charge on any atom is 0.344 e. The Morgan fingerprint density at radius 3 is 2.56 bits per heavy atom. The number of aromatic nitrogens is 1. The van der Waals surface area contributed by atoms with E-state index in [0.717, 1.165) is 0 Å². The summed E-state index contributed by atoms with van der Waals surface area (Å²) in [6, 6.07) is 8.34. The molecule has 0 amide bonds. The molecule has 0 saturated heterocycles. The fraction of sp³-hybridized carbons (Fsp3) is 0.222. The van der Waals surface area contributed by atoms with Gasteiger partial charge < -0.3 is 24.9 Å². The zero-order valence-corrected chi connectivity index (χ0v) is 14.7. The second-order valence-corrected chi connectivity index (χ2v) is 5.15. The number of nitrogen functional groups attached to an aromatic ring is 1. The molecule has 0 atom stereocenters. The first-order valence-electron chi connectivity index (χ1n) is 7.80. The number of nitrogens with two attached hydrogens (primary N) is 1. The number of H-pyrrole nitrogens is 1. The molecule has 138 valence electrons. The number of anilines is 1. The molecule has 0 fully saturated rings. The number of hydrogen-bond donors (Lipinski definition) is 2. The number of nitrogens with zero attached hydrogens (tertiary/aromatic N) is 2. The van der Waals surface area contributed by atoms with E-state index in [1.165, 1.54) is 13.2 Å². The summed E-state index contributed by atoms with van der Waals surface area (Å²) in [4.78, 5) is 26.1. The number of nitriles is 2. The van der Waals surface area contributed by atoms with Gasteiger partial charge in [-0.3, -0.25) is 4.79 Å². The third-order valence-electron chi connectivity index (χ3n) is 3.58. The molecule has 0 aliphatic rings. The van der Waals surface area contributed by atoms with E-state index in [4.69, 9.17) is 19.9 Å². The Morgan fingerprint density at radius 2 is 1.96 bits per heavy atom. The molecule has 0 spiro atoms. The largest absolute Gasteiger partial charge is 0.493 e. The van der Waals surface area contributed by atoms with Crippen LogP contribution in [0.15, 0.2) is 23.0 Å². The summed E-state index contributed by atoms with van der Waals surface area (Å²) in [5.74, 6) is -0.481. The van der Waals surface area contributed by atoms with Crippen LogP contribution in [0, 0.1) is 22.7 Å². The monoisotopic (exact) mass is 368 g/mol. The lowest BCUT2D eigenvalue weighted by Crippen LogP contribution is -2.18. The van der Waals surface area contributed by atoms with Crippen LogP contribution in [0.3, 0.4) is 0 Å². The van der Waals surface area contributed by atoms with Gasteiger partial charge in [-0.05, 0) is 13.0 Å². The first-order valence-corrected chi connectivity index (χ1v) is 7.80. The lowest BCUT2D eigenvalue weighted by molar-refractivity contribution is -0.145. The molecule has 0 radical (unpaired) electrons. The van der Waals surface area contributed by atoms with E-state index >= 15 is 0 Å². The summed E-state index contributed by atoms with van der Waals surface area (Å²) < 4.78 is 15.6. The van der Waals surface area contributed by atoms with E-state index in [0.29, 0.717) is 0 Å². The highest BCUT2D eigenvalue weighted by molar-refractivity contribution is 5.85. The molecular weight excluding hydrogens is 352 g/mol. The number of esters is 1. The number of rotatable bonds is 6. The number of aromatic amines is 1. The highest BCUT2D eigenvalue weighted by atomic mass is 16.6. The van der Waals surface area contributed by atoms with Crippen LogP contribution in [0.5, 0.6) is 11.5 Å². The Kier molecular flexibility index (Phi) is 6.02. The van der Waals surface area contributed by atoms with Crippen LogP contribution in [0.4, 0.5) is 5.82 Å². The number of carbonyl (C=O) groups is 1. The van der Waals surface area contributed by atoms with Crippen LogP contribution in [0.25, 0.3) is 11.1 Å². The van der Waals surface area contributed by atoms with Crippen molar-refractivity contribution in [1.82, 2.24) is 4.98 Å². The number of pyridine rings is 1. The van der Waals surface area contributed by atoms with Gasteiger partial charge in [-0.1, -0.05) is 12.1 Å². The average Bonchev–Trinajstić information content (AvgIpc) is 2.65. The highest BCUT2D eigenvalue weighted by Crippen LogP contribution is 2.41. The Bertz CT molecular complexity index is 1010. The number of carbonyl (C=O) groups excluding carboxylic acids is 1. The van der Waals surface area contributed by atoms with E-state index in [2.05, 4.69) is 4.98 Å². The van der Waals surface area contributed by atoms with Crippen LogP contribution in [0.1, 0.15) is 18.1 Å². The second-order valence-electron chi connectivity index (χ2n) is 5.15. The molecule has 2 rings (SSSR count). The molecule has 27 heavy (non-hydrogen) atoms. The van der Waals surface area contributed by atoms with Gasteiger partial charge in [-0.15, -0.1) is 0 Å². The molecule has 2 aromatic rings. The van der Waals surface area contributed by atoms with Crippen molar-refractivity contribution in [3.8, 4) is 34.8 Å². The SMILES string of the molecule is CCOC(=O)COc1c(OC)cccc1-c1c(C#N)c(N)[nH]c(=O)c1C#N. The summed E-state index contributed by atoms with van der Waals surface area (Å²) in [6.45, 7) is 1.41. The minimum Gasteiger partial charge on any atom is -0.493 e. The topological polar surface area (TPSA) is 151 Å². The fourth-order valence-electron chi connectivity index (χ4n) is 2.47. The average molecular weight is 368 g/mol. The van der Waals surface area contributed by atoms with Crippen molar-refractivity contribution in [2.45, 2.75) is 6.92 Å². The molecule has 9 nitrogen and oxygen atoms in total. The predicted molar refractivity (Wildman–Crippen MR) is 95.0 cm³/mol. The summed E-state index contributed by atoms with van der Waals surface area (Å²) in [5.41, 5.74) is 4.80.